The molecule has 3 heteroatoms. The SMILES string of the molecule is CC(C)C(O)CN(C)C1CCOC1. The molecule has 3 nitrogen and oxygen atoms in total. The summed E-state index contributed by atoms with van der Waals surface area (Å²) in [5.74, 6) is 0.338. The van der Waals surface area contributed by atoms with Gasteiger partial charge in [0.2, 0.25) is 0 Å². The van der Waals surface area contributed by atoms with Gasteiger partial charge in [-0.3, -0.25) is 4.90 Å². The van der Waals surface area contributed by atoms with E-state index in [9.17, 15) is 5.11 Å². The van der Waals surface area contributed by atoms with Gasteiger partial charge >= 0.3 is 0 Å². The van der Waals surface area contributed by atoms with E-state index in [-0.39, 0.29) is 6.10 Å². The van der Waals surface area contributed by atoms with Crippen LogP contribution in [0.2, 0.25) is 0 Å². The first-order chi connectivity index (χ1) is 6.11. The lowest BCUT2D eigenvalue weighted by Gasteiger charge is -2.27. The molecule has 13 heavy (non-hydrogen) atoms. The van der Waals surface area contributed by atoms with Crippen molar-refractivity contribution in [1.29, 1.82) is 0 Å². The zero-order valence-electron chi connectivity index (χ0n) is 8.86. The Morgan fingerprint density at radius 2 is 2.23 bits per heavy atom. The Morgan fingerprint density at radius 3 is 2.69 bits per heavy atom. The molecule has 1 aliphatic rings. The molecule has 0 aromatic carbocycles. The van der Waals surface area contributed by atoms with E-state index in [1.807, 2.05) is 13.8 Å². The highest BCUT2D eigenvalue weighted by atomic mass is 16.5. The van der Waals surface area contributed by atoms with Crippen molar-refractivity contribution in [3.63, 3.8) is 0 Å². The fraction of sp³-hybridized carbons (Fsp3) is 1.00. The van der Waals surface area contributed by atoms with Gasteiger partial charge in [0.1, 0.15) is 0 Å². The van der Waals surface area contributed by atoms with Crippen molar-refractivity contribution in [2.24, 2.45) is 5.92 Å². The van der Waals surface area contributed by atoms with Gasteiger partial charge in [0.15, 0.2) is 0 Å². The van der Waals surface area contributed by atoms with E-state index in [0.717, 1.165) is 26.2 Å². The van der Waals surface area contributed by atoms with Crippen LogP contribution in [0.4, 0.5) is 0 Å². The highest BCUT2D eigenvalue weighted by Crippen LogP contribution is 2.12. The van der Waals surface area contributed by atoms with Gasteiger partial charge in [-0.1, -0.05) is 13.8 Å². The van der Waals surface area contributed by atoms with Gasteiger partial charge in [0.25, 0.3) is 0 Å². The van der Waals surface area contributed by atoms with E-state index in [0.29, 0.717) is 12.0 Å². The average molecular weight is 187 g/mol. The minimum Gasteiger partial charge on any atom is -0.392 e. The number of nitrogens with zero attached hydrogens (tertiary/aromatic N) is 1. The first-order valence-corrected chi connectivity index (χ1v) is 5.07. The molecule has 0 spiro atoms. The summed E-state index contributed by atoms with van der Waals surface area (Å²) in [6, 6.07) is 0.508. The Kier molecular flexibility index (Phi) is 4.16. The van der Waals surface area contributed by atoms with Gasteiger partial charge in [-0.25, -0.2) is 0 Å². The number of hydrogen-bond donors (Lipinski definition) is 1. The fourth-order valence-corrected chi connectivity index (χ4v) is 1.52. The molecule has 1 rings (SSSR count). The summed E-state index contributed by atoms with van der Waals surface area (Å²) in [5, 5.41) is 9.67. The zero-order chi connectivity index (χ0) is 9.84. The summed E-state index contributed by atoms with van der Waals surface area (Å²) in [6.07, 6.45) is 0.881. The van der Waals surface area contributed by atoms with E-state index in [1.165, 1.54) is 0 Å². The van der Waals surface area contributed by atoms with Crippen molar-refractivity contribution >= 4 is 0 Å². The lowest BCUT2D eigenvalue weighted by Crippen LogP contribution is -2.39. The summed E-state index contributed by atoms with van der Waals surface area (Å²) in [5.41, 5.74) is 0. The second-order valence-corrected chi connectivity index (χ2v) is 4.27. The molecule has 2 atom stereocenters. The summed E-state index contributed by atoms with van der Waals surface area (Å²) in [6.45, 7) is 6.53. The van der Waals surface area contributed by atoms with E-state index in [1.54, 1.807) is 0 Å². The van der Waals surface area contributed by atoms with Crippen molar-refractivity contribution in [2.45, 2.75) is 32.4 Å². The minimum atomic E-state index is -0.217. The molecule has 1 aliphatic heterocycles. The van der Waals surface area contributed by atoms with Gasteiger partial charge in [-0.15, -0.1) is 0 Å². The molecule has 0 saturated carbocycles. The average Bonchev–Trinajstić information content (AvgIpc) is 2.55. The molecule has 78 valence electrons. The summed E-state index contributed by atoms with van der Waals surface area (Å²) < 4.78 is 5.30. The summed E-state index contributed by atoms with van der Waals surface area (Å²) in [4.78, 5) is 2.21. The molecule has 1 N–H and O–H groups in total. The van der Waals surface area contributed by atoms with Crippen molar-refractivity contribution in [2.75, 3.05) is 26.8 Å². The maximum absolute atomic E-state index is 9.67. The molecule has 0 amide bonds. The third kappa shape index (κ3) is 3.25. The van der Waals surface area contributed by atoms with Crippen molar-refractivity contribution in [1.82, 2.24) is 4.90 Å². The van der Waals surface area contributed by atoms with Gasteiger partial charge < -0.3 is 9.84 Å². The third-order valence-corrected chi connectivity index (χ3v) is 2.77. The van der Waals surface area contributed by atoms with Gasteiger partial charge in [-0.2, -0.15) is 0 Å². The maximum Gasteiger partial charge on any atom is 0.0689 e. The monoisotopic (exact) mass is 187 g/mol. The Labute approximate surface area is 80.7 Å². The normalized spacial score (nSPS) is 25.8. The number of rotatable bonds is 4. The van der Waals surface area contributed by atoms with Crippen LogP contribution in [0.25, 0.3) is 0 Å². The molecule has 0 radical (unpaired) electrons. The van der Waals surface area contributed by atoms with Crippen LogP contribution >= 0.6 is 0 Å². The summed E-state index contributed by atoms with van der Waals surface area (Å²) in [7, 11) is 2.06. The second kappa shape index (κ2) is 4.94. The van der Waals surface area contributed by atoms with Crippen molar-refractivity contribution in [3.05, 3.63) is 0 Å². The maximum atomic E-state index is 9.67. The second-order valence-electron chi connectivity index (χ2n) is 4.27. The fourth-order valence-electron chi connectivity index (χ4n) is 1.52. The van der Waals surface area contributed by atoms with Crippen LogP contribution < -0.4 is 0 Å². The van der Waals surface area contributed by atoms with Gasteiger partial charge in [-0.05, 0) is 19.4 Å². The first kappa shape index (κ1) is 11.0. The molecule has 0 bridgehead atoms. The molecule has 1 saturated heterocycles. The smallest absolute Gasteiger partial charge is 0.0689 e. The molecule has 0 aromatic rings. The van der Waals surface area contributed by atoms with Crippen LogP contribution in [0.3, 0.4) is 0 Å². The van der Waals surface area contributed by atoms with Gasteiger partial charge in [0, 0.05) is 19.2 Å². The molecular formula is C10H21NO2. The van der Waals surface area contributed by atoms with Crippen LogP contribution in [0.15, 0.2) is 0 Å². The molecule has 1 heterocycles. The molecule has 0 aliphatic carbocycles. The third-order valence-electron chi connectivity index (χ3n) is 2.77. The quantitative estimate of drug-likeness (QED) is 0.704. The minimum absolute atomic E-state index is 0.217. The lowest BCUT2D eigenvalue weighted by atomic mass is 10.1. The van der Waals surface area contributed by atoms with E-state index in [2.05, 4.69) is 11.9 Å². The molecular weight excluding hydrogens is 166 g/mol. The van der Waals surface area contributed by atoms with Crippen LogP contribution in [0.1, 0.15) is 20.3 Å². The Hall–Kier alpha value is -0.120. The number of hydrogen-bond acceptors (Lipinski definition) is 3. The van der Waals surface area contributed by atoms with E-state index >= 15 is 0 Å². The Morgan fingerprint density at radius 1 is 1.54 bits per heavy atom. The number of aliphatic hydroxyl groups excluding tert-OH is 1. The van der Waals surface area contributed by atoms with Crippen LogP contribution in [-0.4, -0.2) is 49.0 Å². The highest BCUT2D eigenvalue weighted by Gasteiger charge is 2.22. The zero-order valence-corrected chi connectivity index (χ0v) is 8.86. The predicted molar refractivity (Wildman–Crippen MR) is 52.7 cm³/mol. The largest absolute Gasteiger partial charge is 0.392 e. The van der Waals surface area contributed by atoms with Crippen molar-refractivity contribution in [3.8, 4) is 0 Å². The predicted octanol–water partition coefficient (Wildman–Crippen LogP) is 0.724. The Balaban J connectivity index is 2.26. The first-order valence-electron chi connectivity index (χ1n) is 5.07. The van der Waals surface area contributed by atoms with E-state index < -0.39 is 0 Å². The number of aliphatic hydroxyl groups is 1. The standard InChI is InChI=1S/C10H21NO2/c1-8(2)10(12)6-11(3)9-4-5-13-7-9/h8-10,12H,4-7H2,1-3H3. The topological polar surface area (TPSA) is 32.7 Å². The van der Waals surface area contributed by atoms with Crippen molar-refractivity contribution < 1.29 is 9.84 Å². The highest BCUT2D eigenvalue weighted by molar-refractivity contribution is 4.75. The number of likely N-dealkylation sites (N-methyl/N-ethyl adjacent to an activating group) is 1. The summed E-state index contributed by atoms with van der Waals surface area (Å²) >= 11 is 0. The van der Waals surface area contributed by atoms with E-state index in [4.69, 9.17) is 4.74 Å². The van der Waals surface area contributed by atoms with Gasteiger partial charge in [0.05, 0.1) is 12.7 Å². The molecule has 0 aromatic heterocycles. The van der Waals surface area contributed by atoms with Crippen LogP contribution in [0, 0.1) is 5.92 Å². The molecule has 1 fully saturated rings. The Bertz CT molecular complexity index is 144. The number of ether oxygens (including phenoxy) is 1. The molecule has 2 unspecified atom stereocenters. The van der Waals surface area contributed by atoms with Crippen LogP contribution in [0.5, 0.6) is 0 Å². The van der Waals surface area contributed by atoms with Crippen LogP contribution in [-0.2, 0) is 4.74 Å². The lowest BCUT2D eigenvalue weighted by molar-refractivity contribution is 0.0657.